The van der Waals surface area contributed by atoms with Gasteiger partial charge in [0.15, 0.2) is 0 Å². The highest BCUT2D eigenvalue weighted by Gasteiger charge is 1.77. The molecule has 1 aromatic heterocycles. The second-order valence-electron chi connectivity index (χ2n) is 1.06. The minimum absolute atomic E-state index is 0. The summed E-state index contributed by atoms with van der Waals surface area (Å²) < 4.78 is 0. The third-order valence-corrected chi connectivity index (χ3v) is 0.550. The lowest BCUT2D eigenvalue weighted by Gasteiger charge is -1.81. The van der Waals surface area contributed by atoms with Crippen molar-refractivity contribution in [1.29, 1.82) is 0 Å². The lowest BCUT2D eigenvalue weighted by molar-refractivity contribution is 0.450. The summed E-state index contributed by atoms with van der Waals surface area (Å²) in [5.41, 5.74) is 0. The van der Waals surface area contributed by atoms with Crippen molar-refractivity contribution in [1.82, 2.24) is 9.97 Å². The first kappa shape index (κ1) is 6.88. The molecule has 8 heavy (non-hydrogen) atoms. The average molecular weight is 112 g/mol. The molecule has 0 saturated heterocycles. The van der Waals surface area contributed by atoms with Crippen LogP contribution in [0.1, 0.15) is 7.43 Å². The molecule has 0 amide bonds. The fourth-order valence-electron chi connectivity index (χ4n) is 0.291. The first-order chi connectivity index (χ1) is 3.39. The average Bonchev–Trinajstić information content (AvgIpc) is 1.69. The van der Waals surface area contributed by atoms with Crippen LogP contribution in [0.3, 0.4) is 0 Å². The fourth-order valence-corrected chi connectivity index (χ4v) is 0.291. The van der Waals surface area contributed by atoms with Crippen LogP contribution in [0.5, 0.6) is 5.88 Å². The maximum absolute atomic E-state index is 8.46. The van der Waals surface area contributed by atoms with Crippen LogP contribution in [0.2, 0.25) is 0 Å². The quantitative estimate of drug-likeness (QED) is 0.540. The van der Waals surface area contributed by atoms with Gasteiger partial charge < -0.3 is 5.11 Å². The Morgan fingerprint density at radius 2 is 2.12 bits per heavy atom. The normalized spacial score (nSPS) is 7.50. The van der Waals surface area contributed by atoms with Crippen LogP contribution in [-0.4, -0.2) is 15.1 Å². The topological polar surface area (TPSA) is 46.0 Å². The second-order valence-corrected chi connectivity index (χ2v) is 1.06. The molecule has 0 atom stereocenters. The number of rotatable bonds is 0. The van der Waals surface area contributed by atoms with E-state index in [2.05, 4.69) is 9.97 Å². The smallest absolute Gasteiger partial charge is 0.229 e. The van der Waals surface area contributed by atoms with Gasteiger partial charge in [0.05, 0.1) is 6.20 Å². The van der Waals surface area contributed by atoms with Gasteiger partial charge in [0.2, 0.25) is 5.88 Å². The second kappa shape index (κ2) is 2.96. The molecule has 0 saturated carbocycles. The van der Waals surface area contributed by atoms with E-state index in [9.17, 15) is 0 Å². The fraction of sp³-hybridized carbons (Fsp3) is 0.200. The molecule has 0 aliphatic rings. The Morgan fingerprint density at radius 1 is 1.38 bits per heavy atom. The van der Waals surface area contributed by atoms with Gasteiger partial charge in [-0.2, -0.15) is 0 Å². The van der Waals surface area contributed by atoms with Crippen LogP contribution in [-0.2, 0) is 0 Å². The van der Waals surface area contributed by atoms with Gasteiger partial charge in [-0.25, -0.2) is 4.98 Å². The molecule has 0 aliphatic heterocycles. The van der Waals surface area contributed by atoms with Gasteiger partial charge in [-0.15, -0.1) is 0 Å². The molecule has 0 aliphatic carbocycles. The zero-order chi connectivity index (χ0) is 5.11. The van der Waals surface area contributed by atoms with E-state index in [0.717, 1.165) is 0 Å². The van der Waals surface area contributed by atoms with E-state index in [1.807, 2.05) is 0 Å². The molecule has 44 valence electrons. The largest absolute Gasteiger partial charge is 0.492 e. The maximum Gasteiger partial charge on any atom is 0.229 e. The molecule has 0 fully saturated rings. The van der Waals surface area contributed by atoms with Crippen LogP contribution < -0.4 is 0 Å². The van der Waals surface area contributed by atoms with E-state index in [1.165, 1.54) is 18.6 Å². The molecule has 0 aromatic carbocycles. The highest BCUT2D eigenvalue weighted by molar-refractivity contribution is 4.97. The van der Waals surface area contributed by atoms with Gasteiger partial charge in [0, 0.05) is 12.4 Å². The summed E-state index contributed by atoms with van der Waals surface area (Å²) in [7, 11) is 0. The molecule has 0 radical (unpaired) electrons. The summed E-state index contributed by atoms with van der Waals surface area (Å²) in [5, 5.41) is 8.46. The van der Waals surface area contributed by atoms with Crippen molar-refractivity contribution in [2.75, 3.05) is 0 Å². The number of nitrogens with zero attached hydrogens (tertiary/aromatic N) is 2. The van der Waals surface area contributed by atoms with Crippen LogP contribution in [0.25, 0.3) is 0 Å². The van der Waals surface area contributed by atoms with Crippen LogP contribution in [0, 0.1) is 0 Å². The Morgan fingerprint density at radius 3 is 2.38 bits per heavy atom. The van der Waals surface area contributed by atoms with Gasteiger partial charge in [-0.1, -0.05) is 7.43 Å². The Bertz CT molecular complexity index is 140. The zero-order valence-electron chi connectivity index (χ0n) is 3.57. The predicted octanol–water partition coefficient (Wildman–Crippen LogP) is 0.818. The van der Waals surface area contributed by atoms with Crippen molar-refractivity contribution < 1.29 is 5.11 Å². The summed E-state index contributed by atoms with van der Waals surface area (Å²) in [5.74, 6) is -0.0394. The molecule has 3 nitrogen and oxygen atoms in total. The molecule has 1 N–H and O–H groups in total. The summed E-state index contributed by atoms with van der Waals surface area (Å²) in [6.45, 7) is 0. The Kier molecular flexibility index (Phi) is 2.54. The van der Waals surface area contributed by atoms with Gasteiger partial charge in [0.25, 0.3) is 0 Å². The molecule has 1 rings (SSSR count). The SMILES string of the molecule is C.Oc1cnccn1. The van der Waals surface area contributed by atoms with E-state index in [1.54, 1.807) is 0 Å². The number of aromatic hydroxyl groups is 1. The monoisotopic (exact) mass is 112 g/mol. The van der Waals surface area contributed by atoms with Gasteiger partial charge >= 0.3 is 0 Å². The molecule has 0 bridgehead atoms. The van der Waals surface area contributed by atoms with Crippen LogP contribution >= 0.6 is 0 Å². The lowest BCUT2D eigenvalue weighted by Crippen LogP contribution is -1.71. The molecule has 3 heteroatoms. The van der Waals surface area contributed by atoms with Gasteiger partial charge in [-0.05, 0) is 0 Å². The van der Waals surface area contributed by atoms with Gasteiger partial charge in [0.1, 0.15) is 0 Å². The summed E-state index contributed by atoms with van der Waals surface area (Å²) in [6, 6.07) is 0. The van der Waals surface area contributed by atoms with Crippen molar-refractivity contribution >= 4 is 0 Å². The first-order valence-corrected chi connectivity index (χ1v) is 1.84. The Hall–Kier alpha value is -1.12. The minimum atomic E-state index is -0.0394. The minimum Gasteiger partial charge on any atom is -0.492 e. The predicted molar refractivity (Wildman–Crippen MR) is 30.4 cm³/mol. The van der Waals surface area contributed by atoms with Crippen molar-refractivity contribution in [3.8, 4) is 5.88 Å². The van der Waals surface area contributed by atoms with E-state index in [4.69, 9.17) is 5.11 Å². The van der Waals surface area contributed by atoms with E-state index in [0.29, 0.717) is 0 Å². The summed E-state index contributed by atoms with van der Waals surface area (Å²) in [6.07, 6.45) is 4.20. The van der Waals surface area contributed by atoms with Crippen molar-refractivity contribution in [3.63, 3.8) is 0 Å². The molecular formula is C5H8N2O. The van der Waals surface area contributed by atoms with Gasteiger partial charge in [-0.3, -0.25) is 4.98 Å². The highest BCUT2D eigenvalue weighted by Crippen LogP contribution is 1.92. The van der Waals surface area contributed by atoms with Crippen molar-refractivity contribution in [2.45, 2.75) is 7.43 Å². The lowest BCUT2D eigenvalue weighted by atomic mass is 10.7. The maximum atomic E-state index is 8.46. The number of hydrogen-bond acceptors (Lipinski definition) is 3. The third kappa shape index (κ3) is 1.55. The van der Waals surface area contributed by atoms with E-state index in [-0.39, 0.29) is 13.3 Å². The molecule has 0 spiro atoms. The Labute approximate surface area is 48.0 Å². The van der Waals surface area contributed by atoms with Crippen molar-refractivity contribution in [3.05, 3.63) is 18.6 Å². The highest BCUT2D eigenvalue weighted by atomic mass is 16.3. The van der Waals surface area contributed by atoms with Crippen molar-refractivity contribution in [2.24, 2.45) is 0 Å². The molecular weight excluding hydrogens is 104 g/mol. The molecule has 0 unspecified atom stereocenters. The summed E-state index contributed by atoms with van der Waals surface area (Å²) in [4.78, 5) is 7.04. The molecule has 1 heterocycles. The summed E-state index contributed by atoms with van der Waals surface area (Å²) >= 11 is 0. The van der Waals surface area contributed by atoms with Crippen LogP contribution in [0.4, 0.5) is 0 Å². The number of hydrogen-bond donors (Lipinski definition) is 1. The first-order valence-electron chi connectivity index (χ1n) is 1.84. The number of aromatic nitrogens is 2. The standard InChI is InChI=1S/C4H4N2O.CH4/c7-4-3-5-1-2-6-4;/h1-3H,(H,6,7);1H4. The van der Waals surface area contributed by atoms with E-state index < -0.39 is 0 Å². The zero-order valence-corrected chi connectivity index (χ0v) is 3.57. The Balaban J connectivity index is 0.000000490. The van der Waals surface area contributed by atoms with Crippen LogP contribution in [0.15, 0.2) is 18.6 Å². The third-order valence-electron chi connectivity index (χ3n) is 0.550. The molecule has 1 aromatic rings. The van der Waals surface area contributed by atoms with E-state index >= 15 is 0 Å².